The number of amides is 1. The van der Waals surface area contributed by atoms with E-state index in [-0.39, 0.29) is 5.91 Å². The molecule has 114 valence electrons. The Kier molecular flexibility index (Phi) is 3.96. The Morgan fingerprint density at radius 2 is 2.00 bits per heavy atom. The normalized spacial score (nSPS) is 11.0. The highest BCUT2D eigenvalue weighted by Crippen LogP contribution is 2.15. The third-order valence-corrected chi connectivity index (χ3v) is 3.92. The molecule has 5 nitrogen and oxygen atoms in total. The van der Waals surface area contributed by atoms with Crippen molar-refractivity contribution in [2.24, 2.45) is 14.1 Å². The minimum Gasteiger partial charge on any atom is -0.351 e. The molecule has 2 heterocycles. The largest absolute Gasteiger partial charge is 0.351 e. The second-order valence-electron chi connectivity index (χ2n) is 5.44. The average Bonchev–Trinajstić information content (AvgIpc) is 3.08. The van der Waals surface area contributed by atoms with E-state index >= 15 is 0 Å². The zero-order chi connectivity index (χ0) is 15.5. The zero-order valence-corrected chi connectivity index (χ0v) is 12.9. The van der Waals surface area contributed by atoms with E-state index < -0.39 is 0 Å². The molecule has 0 aliphatic carbocycles. The number of nitrogens with one attached hydrogen (secondary N) is 1. The maximum atomic E-state index is 12.0. The Labute approximate surface area is 129 Å². The number of benzene rings is 1. The molecule has 0 atom stereocenters. The number of para-hydroxylation sites is 2. The minimum absolute atomic E-state index is 0.0301. The van der Waals surface area contributed by atoms with Crippen molar-refractivity contribution in [1.29, 1.82) is 0 Å². The fourth-order valence-corrected chi connectivity index (χ4v) is 2.66. The molecular formula is C17H20N4O. The van der Waals surface area contributed by atoms with Gasteiger partial charge in [0.25, 0.3) is 5.91 Å². The Bertz CT molecular complexity index is 800. The van der Waals surface area contributed by atoms with E-state index in [1.54, 1.807) is 0 Å². The maximum absolute atomic E-state index is 12.0. The van der Waals surface area contributed by atoms with Gasteiger partial charge in [-0.2, -0.15) is 0 Å². The van der Waals surface area contributed by atoms with Crippen molar-refractivity contribution in [3.8, 4) is 0 Å². The lowest BCUT2D eigenvalue weighted by atomic mass is 10.3. The van der Waals surface area contributed by atoms with Crippen LogP contribution in [0.4, 0.5) is 0 Å². The van der Waals surface area contributed by atoms with Crippen LogP contribution in [0, 0.1) is 0 Å². The highest BCUT2D eigenvalue weighted by atomic mass is 16.1. The second-order valence-corrected chi connectivity index (χ2v) is 5.44. The number of aromatic nitrogens is 3. The van der Waals surface area contributed by atoms with Crippen LogP contribution in [0.25, 0.3) is 11.0 Å². The summed E-state index contributed by atoms with van der Waals surface area (Å²) in [6.45, 7) is 0.646. The molecule has 0 fully saturated rings. The minimum atomic E-state index is -0.0301. The van der Waals surface area contributed by atoms with Crippen LogP contribution in [0.3, 0.4) is 0 Å². The van der Waals surface area contributed by atoms with Gasteiger partial charge in [-0.25, -0.2) is 4.98 Å². The Morgan fingerprint density at radius 3 is 2.73 bits per heavy atom. The van der Waals surface area contributed by atoms with Gasteiger partial charge in [0.2, 0.25) is 0 Å². The summed E-state index contributed by atoms with van der Waals surface area (Å²) < 4.78 is 3.94. The number of fused-ring (bicyclic) bond motifs is 1. The van der Waals surface area contributed by atoms with Crippen LogP contribution in [0.2, 0.25) is 0 Å². The molecule has 0 radical (unpaired) electrons. The van der Waals surface area contributed by atoms with E-state index in [0.29, 0.717) is 12.2 Å². The number of hydrogen-bond donors (Lipinski definition) is 1. The number of rotatable bonds is 5. The standard InChI is InChI=1S/C17H20N4O/c1-20-12-6-9-15(20)17(22)18-11-5-10-16-19-13-7-3-4-8-14(13)21(16)2/h3-4,6-9,12H,5,10-11H2,1-2H3,(H,18,22). The molecule has 0 spiro atoms. The van der Waals surface area contributed by atoms with Crippen molar-refractivity contribution in [2.45, 2.75) is 12.8 Å². The van der Waals surface area contributed by atoms with Crippen molar-refractivity contribution >= 4 is 16.9 Å². The zero-order valence-electron chi connectivity index (χ0n) is 12.9. The predicted molar refractivity (Wildman–Crippen MR) is 86.8 cm³/mol. The van der Waals surface area contributed by atoms with Crippen LogP contribution >= 0.6 is 0 Å². The first-order valence-electron chi connectivity index (χ1n) is 7.46. The van der Waals surface area contributed by atoms with Crippen molar-refractivity contribution in [2.75, 3.05) is 6.54 Å². The Balaban J connectivity index is 1.55. The third-order valence-electron chi connectivity index (χ3n) is 3.92. The molecule has 0 aliphatic heterocycles. The van der Waals surface area contributed by atoms with E-state index in [1.807, 2.05) is 55.2 Å². The van der Waals surface area contributed by atoms with Crippen molar-refractivity contribution in [1.82, 2.24) is 19.4 Å². The van der Waals surface area contributed by atoms with Gasteiger partial charge in [0.1, 0.15) is 11.5 Å². The quantitative estimate of drug-likeness (QED) is 0.734. The Hall–Kier alpha value is -2.56. The number of nitrogens with zero attached hydrogens (tertiary/aromatic N) is 3. The first kappa shape index (κ1) is 14.4. The molecular weight excluding hydrogens is 276 g/mol. The topological polar surface area (TPSA) is 51.9 Å². The molecule has 3 rings (SSSR count). The first-order chi connectivity index (χ1) is 10.7. The molecule has 0 aliphatic rings. The molecule has 1 N–H and O–H groups in total. The molecule has 22 heavy (non-hydrogen) atoms. The number of hydrogen-bond acceptors (Lipinski definition) is 2. The molecule has 1 amide bonds. The Morgan fingerprint density at radius 1 is 1.18 bits per heavy atom. The predicted octanol–water partition coefficient (Wildman–Crippen LogP) is 2.27. The summed E-state index contributed by atoms with van der Waals surface area (Å²) in [5.74, 6) is 1.02. The molecule has 0 saturated carbocycles. The fourth-order valence-electron chi connectivity index (χ4n) is 2.66. The van der Waals surface area contributed by atoms with E-state index in [0.717, 1.165) is 29.7 Å². The van der Waals surface area contributed by atoms with E-state index in [9.17, 15) is 4.79 Å². The summed E-state index contributed by atoms with van der Waals surface area (Å²) in [4.78, 5) is 16.6. The molecule has 3 aromatic rings. The summed E-state index contributed by atoms with van der Waals surface area (Å²) in [5, 5.41) is 2.95. The van der Waals surface area contributed by atoms with Gasteiger partial charge in [-0.15, -0.1) is 0 Å². The summed E-state index contributed by atoms with van der Waals surface area (Å²) in [6, 6.07) is 11.8. The van der Waals surface area contributed by atoms with Crippen LogP contribution in [0.15, 0.2) is 42.6 Å². The number of carbonyl (C=O) groups excluding carboxylic acids is 1. The van der Waals surface area contributed by atoms with Gasteiger partial charge < -0.3 is 14.5 Å². The highest BCUT2D eigenvalue weighted by molar-refractivity contribution is 5.92. The smallest absolute Gasteiger partial charge is 0.267 e. The monoisotopic (exact) mass is 296 g/mol. The van der Waals surface area contributed by atoms with Crippen LogP contribution < -0.4 is 5.32 Å². The van der Waals surface area contributed by atoms with Crippen LogP contribution in [-0.2, 0) is 20.5 Å². The van der Waals surface area contributed by atoms with Crippen molar-refractivity contribution in [3.63, 3.8) is 0 Å². The van der Waals surface area contributed by atoms with E-state index in [1.165, 1.54) is 0 Å². The summed E-state index contributed by atoms with van der Waals surface area (Å²) in [7, 11) is 3.90. The second kappa shape index (κ2) is 6.05. The fraction of sp³-hybridized carbons (Fsp3) is 0.294. The van der Waals surface area contributed by atoms with Gasteiger partial charge in [0.05, 0.1) is 11.0 Å². The van der Waals surface area contributed by atoms with Crippen molar-refractivity contribution in [3.05, 3.63) is 54.1 Å². The van der Waals surface area contributed by atoms with Gasteiger partial charge in [-0.3, -0.25) is 4.79 Å². The lowest BCUT2D eigenvalue weighted by Crippen LogP contribution is -2.26. The first-order valence-corrected chi connectivity index (χ1v) is 7.46. The average molecular weight is 296 g/mol. The molecule has 5 heteroatoms. The van der Waals surface area contributed by atoms with Gasteiger partial charge in [0, 0.05) is 33.3 Å². The lowest BCUT2D eigenvalue weighted by Gasteiger charge is -2.06. The summed E-state index contributed by atoms with van der Waals surface area (Å²) in [5.41, 5.74) is 2.85. The van der Waals surface area contributed by atoms with E-state index in [2.05, 4.69) is 20.9 Å². The number of imidazole rings is 1. The van der Waals surface area contributed by atoms with Crippen LogP contribution in [-0.4, -0.2) is 26.6 Å². The molecule has 0 saturated heterocycles. The van der Waals surface area contributed by atoms with Gasteiger partial charge >= 0.3 is 0 Å². The molecule has 0 bridgehead atoms. The van der Waals surface area contributed by atoms with Gasteiger partial charge in [-0.1, -0.05) is 12.1 Å². The molecule has 1 aromatic carbocycles. The van der Waals surface area contributed by atoms with Crippen LogP contribution in [0.1, 0.15) is 22.7 Å². The van der Waals surface area contributed by atoms with Gasteiger partial charge in [0.15, 0.2) is 0 Å². The number of aryl methyl sites for hydroxylation is 3. The van der Waals surface area contributed by atoms with E-state index in [4.69, 9.17) is 0 Å². The maximum Gasteiger partial charge on any atom is 0.267 e. The SMILES string of the molecule is Cn1cccc1C(=O)NCCCc1nc2ccccc2n1C. The molecule has 0 unspecified atom stereocenters. The summed E-state index contributed by atoms with van der Waals surface area (Å²) >= 11 is 0. The lowest BCUT2D eigenvalue weighted by molar-refractivity contribution is 0.0945. The van der Waals surface area contributed by atoms with Gasteiger partial charge in [-0.05, 0) is 30.7 Å². The summed E-state index contributed by atoms with van der Waals surface area (Å²) in [6.07, 6.45) is 3.58. The molecule has 2 aromatic heterocycles. The third kappa shape index (κ3) is 2.74. The van der Waals surface area contributed by atoms with Crippen molar-refractivity contribution < 1.29 is 4.79 Å². The number of carbonyl (C=O) groups is 1. The highest BCUT2D eigenvalue weighted by Gasteiger charge is 2.09. The van der Waals surface area contributed by atoms with Crippen LogP contribution in [0.5, 0.6) is 0 Å².